The molecule has 0 aromatic carbocycles. The summed E-state index contributed by atoms with van der Waals surface area (Å²) in [6.07, 6.45) is 6.74. The molecule has 0 heterocycles. The predicted octanol–water partition coefficient (Wildman–Crippen LogP) is 1.33. The molecule has 0 atom stereocenters. The van der Waals surface area contributed by atoms with Gasteiger partial charge >= 0.3 is 5.97 Å². The molecule has 3 heteroatoms. The Morgan fingerprint density at radius 3 is 2.77 bits per heavy atom. The second-order valence-corrected chi connectivity index (χ2v) is 3.69. The van der Waals surface area contributed by atoms with Gasteiger partial charge in [-0.2, -0.15) is 0 Å². The van der Waals surface area contributed by atoms with Crippen molar-refractivity contribution in [3.63, 3.8) is 0 Å². The summed E-state index contributed by atoms with van der Waals surface area (Å²) in [5.41, 5.74) is 0. The minimum Gasteiger partial charge on any atom is -0.468 e. The first-order valence-corrected chi connectivity index (χ1v) is 5.10. The maximum atomic E-state index is 10.7. The normalized spacial score (nSPS) is 17.6. The van der Waals surface area contributed by atoms with Crippen molar-refractivity contribution in [2.24, 2.45) is 5.92 Å². The number of hydrogen-bond donors (Lipinski definition) is 1. The first kappa shape index (κ1) is 10.5. The molecule has 0 amide bonds. The Labute approximate surface area is 79.8 Å². The van der Waals surface area contributed by atoms with Crippen molar-refractivity contribution in [1.82, 2.24) is 5.32 Å². The fraction of sp³-hybridized carbons (Fsp3) is 0.900. The average molecular weight is 185 g/mol. The zero-order valence-corrected chi connectivity index (χ0v) is 8.34. The zero-order chi connectivity index (χ0) is 9.52. The van der Waals surface area contributed by atoms with Crippen molar-refractivity contribution in [1.29, 1.82) is 0 Å². The highest BCUT2D eigenvalue weighted by atomic mass is 16.5. The van der Waals surface area contributed by atoms with Crippen LogP contribution in [0.2, 0.25) is 0 Å². The van der Waals surface area contributed by atoms with Crippen LogP contribution in [-0.2, 0) is 9.53 Å². The number of carbonyl (C=O) groups excluding carboxylic acids is 1. The van der Waals surface area contributed by atoms with Gasteiger partial charge in [-0.15, -0.1) is 0 Å². The minimum absolute atomic E-state index is 0.175. The zero-order valence-electron chi connectivity index (χ0n) is 8.34. The second kappa shape index (κ2) is 5.97. The molecule has 1 fully saturated rings. The van der Waals surface area contributed by atoms with Gasteiger partial charge in [0.2, 0.25) is 0 Å². The van der Waals surface area contributed by atoms with Crippen molar-refractivity contribution >= 4 is 5.97 Å². The number of methoxy groups -OCH3 is 1. The number of esters is 1. The Kier molecular flexibility index (Phi) is 4.83. The van der Waals surface area contributed by atoms with Crippen molar-refractivity contribution in [3.05, 3.63) is 0 Å². The van der Waals surface area contributed by atoms with Crippen LogP contribution in [0.25, 0.3) is 0 Å². The predicted molar refractivity (Wildman–Crippen MR) is 51.5 cm³/mol. The molecule has 0 aliphatic heterocycles. The third-order valence-corrected chi connectivity index (χ3v) is 2.70. The smallest absolute Gasteiger partial charge is 0.319 e. The van der Waals surface area contributed by atoms with Gasteiger partial charge in [-0.25, -0.2) is 0 Å². The maximum absolute atomic E-state index is 10.7. The Morgan fingerprint density at radius 1 is 1.46 bits per heavy atom. The third kappa shape index (κ3) is 4.27. The summed E-state index contributed by atoms with van der Waals surface area (Å²) in [4.78, 5) is 10.7. The molecule has 0 radical (unpaired) electrons. The number of ether oxygens (including phenoxy) is 1. The van der Waals surface area contributed by atoms with Gasteiger partial charge in [0.1, 0.15) is 0 Å². The first-order valence-electron chi connectivity index (χ1n) is 5.10. The monoisotopic (exact) mass is 185 g/mol. The van der Waals surface area contributed by atoms with Crippen LogP contribution < -0.4 is 5.32 Å². The molecule has 0 unspecified atom stereocenters. The molecule has 0 saturated heterocycles. The summed E-state index contributed by atoms with van der Waals surface area (Å²) in [6, 6.07) is 0. The van der Waals surface area contributed by atoms with Gasteiger partial charge in [0, 0.05) is 0 Å². The van der Waals surface area contributed by atoms with Crippen LogP contribution in [-0.4, -0.2) is 26.2 Å². The summed E-state index contributed by atoms with van der Waals surface area (Å²) in [5.74, 6) is 0.719. The Hall–Kier alpha value is -0.570. The van der Waals surface area contributed by atoms with E-state index in [4.69, 9.17) is 0 Å². The SMILES string of the molecule is COC(=O)CNCCC1CCCC1. The van der Waals surface area contributed by atoms with Crippen LogP contribution in [0.1, 0.15) is 32.1 Å². The molecule has 1 rings (SSSR count). The molecular formula is C10H19NO2. The van der Waals surface area contributed by atoms with E-state index in [1.165, 1.54) is 39.2 Å². The topological polar surface area (TPSA) is 38.3 Å². The lowest BCUT2D eigenvalue weighted by molar-refractivity contribution is -0.139. The maximum Gasteiger partial charge on any atom is 0.319 e. The number of rotatable bonds is 5. The number of hydrogen-bond acceptors (Lipinski definition) is 3. The lowest BCUT2D eigenvalue weighted by Crippen LogP contribution is -2.25. The Bertz CT molecular complexity index is 153. The second-order valence-electron chi connectivity index (χ2n) is 3.69. The van der Waals surface area contributed by atoms with E-state index in [1.807, 2.05) is 0 Å². The molecule has 3 nitrogen and oxygen atoms in total. The highest BCUT2D eigenvalue weighted by molar-refractivity contribution is 5.71. The minimum atomic E-state index is -0.175. The molecule has 1 N–H and O–H groups in total. The summed E-state index contributed by atoms with van der Waals surface area (Å²) < 4.78 is 4.52. The van der Waals surface area contributed by atoms with Gasteiger partial charge in [-0.1, -0.05) is 25.7 Å². The van der Waals surface area contributed by atoms with E-state index in [0.717, 1.165) is 12.5 Å². The average Bonchev–Trinajstić information content (AvgIpc) is 2.64. The molecule has 13 heavy (non-hydrogen) atoms. The Balaban J connectivity index is 1.91. The Morgan fingerprint density at radius 2 is 2.15 bits per heavy atom. The quantitative estimate of drug-likeness (QED) is 0.518. The summed E-state index contributed by atoms with van der Waals surface area (Å²) in [6.45, 7) is 1.29. The van der Waals surface area contributed by atoms with E-state index >= 15 is 0 Å². The molecule has 1 saturated carbocycles. The summed E-state index contributed by atoms with van der Waals surface area (Å²) >= 11 is 0. The largest absolute Gasteiger partial charge is 0.468 e. The van der Waals surface area contributed by atoms with Gasteiger partial charge in [0.05, 0.1) is 13.7 Å². The van der Waals surface area contributed by atoms with Crippen LogP contribution in [0.15, 0.2) is 0 Å². The fourth-order valence-electron chi connectivity index (χ4n) is 1.87. The lowest BCUT2D eigenvalue weighted by Gasteiger charge is -2.08. The lowest BCUT2D eigenvalue weighted by atomic mass is 10.0. The fourth-order valence-corrected chi connectivity index (χ4v) is 1.87. The van der Waals surface area contributed by atoms with E-state index in [0.29, 0.717) is 6.54 Å². The first-order chi connectivity index (χ1) is 6.33. The molecular weight excluding hydrogens is 166 g/mol. The van der Waals surface area contributed by atoms with Crippen molar-refractivity contribution in [2.45, 2.75) is 32.1 Å². The van der Waals surface area contributed by atoms with Crippen molar-refractivity contribution < 1.29 is 9.53 Å². The van der Waals surface area contributed by atoms with Gasteiger partial charge in [0.15, 0.2) is 0 Å². The van der Waals surface area contributed by atoms with E-state index in [1.54, 1.807) is 0 Å². The van der Waals surface area contributed by atoms with E-state index < -0.39 is 0 Å². The van der Waals surface area contributed by atoms with Crippen molar-refractivity contribution in [2.75, 3.05) is 20.2 Å². The molecule has 0 bridgehead atoms. The van der Waals surface area contributed by atoms with Gasteiger partial charge in [0.25, 0.3) is 0 Å². The highest BCUT2D eigenvalue weighted by Crippen LogP contribution is 2.26. The number of nitrogens with one attached hydrogen (secondary N) is 1. The summed E-state index contributed by atoms with van der Waals surface area (Å²) in [7, 11) is 1.42. The molecule has 76 valence electrons. The molecule has 0 aromatic rings. The van der Waals surface area contributed by atoms with E-state index in [-0.39, 0.29) is 5.97 Å². The highest BCUT2D eigenvalue weighted by Gasteiger charge is 2.13. The van der Waals surface area contributed by atoms with E-state index in [9.17, 15) is 4.79 Å². The molecule has 0 aromatic heterocycles. The standard InChI is InChI=1S/C10H19NO2/c1-13-10(12)8-11-7-6-9-4-2-3-5-9/h9,11H,2-8H2,1H3. The van der Waals surface area contributed by atoms with Crippen LogP contribution in [0.3, 0.4) is 0 Å². The molecule has 1 aliphatic carbocycles. The van der Waals surface area contributed by atoms with Gasteiger partial charge in [-0.05, 0) is 18.9 Å². The van der Waals surface area contributed by atoms with Crippen LogP contribution in [0.4, 0.5) is 0 Å². The van der Waals surface area contributed by atoms with Gasteiger partial charge in [-0.3, -0.25) is 4.79 Å². The van der Waals surface area contributed by atoms with Crippen LogP contribution in [0.5, 0.6) is 0 Å². The van der Waals surface area contributed by atoms with E-state index in [2.05, 4.69) is 10.1 Å². The number of carbonyl (C=O) groups is 1. The third-order valence-electron chi connectivity index (χ3n) is 2.70. The van der Waals surface area contributed by atoms with Crippen LogP contribution in [0, 0.1) is 5.92 Å². The molecule has 0 spiro atoms. The van der Waals surface area contributed by atoms with Crippen molar-refractivity contribution in [3.8, 4) is 0 Å². The summed E-state index contributed by atoms with van der Waals surface area (Å²) in [5, 5.41) is 3.09. The van der Waals surface area contributed by atoms with Gasteiger partial charge < -0.3 is 10.1 Å². The molecule has 1 aliphatic rings. The van der Waals surface area contributed by atoms with Crippen LogP contribution >= 0.6 is 0 Å².